The van der Waals surface area contributed by atoms with E-state index in [1.807, 2.05) is 18.2 Å². The van der Waals surface area contributed by atoms with Crippen molar-refractivity contribution in [1.29, 1.82) is 0 Å². The smallest absolute Gasteiger partial charge is 0.251 e. The van der Waals surface area contributed by atoms with E-state index in [0.29, 0.717) is 18.5 Å². The Morgan fingerprint density at radius 3 is 2.71 bits per heavy atom. The summed E-state index contributed by atoms with van der Waals surface area (Å²) in [6.07, 6.45) is 0.645. The molecule has 21 heavy (non-hydrogen) atoms. The summed E-state index contributed by atoms with van der Waals surface area (Å²) >= 11 is 5.71. The molecule has 0 aliphatic rings. The normalized spacial score (nSPS) is 10.4. The first-order valence-corrected chi connectivity index (χ1v) is 6.99. The van der Waals surface area contributed by atoms with E-state index < -0.39 is 5.82 Å². The van der Waals surface area contributed by atoms with E-state index in [0.717, 1.165) is 11.1 Å². The molecule has 110 valence electrons. The number of carbonyl (C=O) groups excluding carboxylic acids is 1. The predicted octanol–water partition coefficient (Wildman–Crippen LogP) is 2.91. The SMILES string of the molecule is NCCc1ccccc1C(=O)NCc1ccc(F)c(Cl)c1. The van der Waals surface area contributed by atoms with E-state index in [4.69, 9.17) is 17.3 Å². The van der Waals surface area contributed by atoms with Gasteiger partial charge in [0.1, 0.15) is 5.82 Å². The van der Waals surface area contributed by atoms with Crippen molar-refractivity contribution < 1.29 is 9.18 Å². The van der Waals surface area contributed by atoms with Crippen molar-refractivity contribution in [2.75, 3.05) is 6.54 Å². The molecule has 0 unspecified atom stereocenters. The number of rotatable bonds is 5. The van der Waals surface area contributed by atoms with Crippen LogP contribution in [0.25, 0.3) is 0 Å². The first-order chi connectivity index (χ1) is 10.1. The van der Waals surface area contributed by atoms with Gasteiger partial charge in [-0.1, -0.05) is 35.9 Å². The molecule has 2 aromatic carbocycles. The summed E-state index contributed by atoms with van der Waals surface area (Å²) < 4.78 is 13.1. The Bertz CT molecular complexity index is 646. The first kappa shape index (κ1) is 15.5. The predicted molar refractivity (Wildman–Crippen MR) is 81.8 cm³/mol. The molecule has 0 saturated carbocycles. The second-order valence-electron chi connectivity index (χ2n) is 4.63. The van der Waals surface area contributed by atoms with E-state index >= 15 is 0 Å². The van der Waals surface area contributed by atoms with Gasteiger partial charge in [0, 0.05) is 12.1 Å². The molecule has 3 nitrogen and oxygen atoms in total. The number of benzene rings is 2. The Morgan fingerprint density at radius 2 is 2.00 bits per heavy atom. The van der Waals surface area contributed by atoms with Crippen LogP contribution in [-0.4, -0.2) is 12.5 Å². The molecule has 0 heterocycles. The monoisotopic (exact) mass is 306 g/mol. The van der Waals surface area contributed by atoms with E-state index in [1.54, 1.807) is 12.1 Å². The maximum absolute atomic E-state index is 13.1. The largest absolute Gasteiger partial charge is 0.348 e. The van der Waals surface area contributed by atoms with Gasteiger partial charge in [-0.3, -0.25) is 4.79 Å². The molecule has 0 saturated heterocycles. The number of halogens is 2. The number of hydrogen-bond acceptors (Lipinski definition) is 2. The lowest BCUT2D eigenvalue weighted by Gasteiger charge is -2.10. The molecule has 0 spiro atoms. The lowest BCUT2D eigenvalue weighted by Crippen LogP contribution is -2.24. The van der Waals surface area contributed by atoms with Crippen LogP contribution in [0.2, 0.25) is 5.02 Å². The van der Waals surface area contributed by atoms with Crippen LogP contribution in [-0.2, 0) is 13.0 Å². The molecular weight excluding hydrogens is 291 g/mol. The second-order valence-corrected chi connectivity index (χ2v) is 5.03. The Hall–Kier alpha value is -1.91. The molecule has 5 heteroatoms. The average Bonchev–Trinajstić information content (AvgIpc) is 2.49. The first-order valence-electron chi connectivity index (χ1n) is 6.62. The van der Waals surface area contributed by atoms with Crippen LogP contribution in [0.4, 0.5) is 4.39 Å². The third-order valence-electron chi connectivity index (χ3n) is 3.11. The summed E-state index contributed by atoms with van der Waals surface area (Å²) in [6, 6.07) is 11.7. The minimum atomic E-state index is -0.472. The third kappa shape index (κ3) is 4.03. The summed E-state index contributed by atoms with van der Waals surface area (Å²) in [4.78, 5) is 12.2. The van der Waals surface area contributed by atoms with Crippen LogP contribution < -0.4 is 11.1 Å². The molecule has 2 rings (SSSR count). The van der Waals surface area contributed by atoms with Crippen LogP contribution in [0, 0.1) is 5.82 Å². The summed E-state index contributed by atoms with van der Waals surface area (Å²) in [5.41, 5.74) is 7.80. The number of nitrogens with two attached hydrogens (primary N) is 1. The van der Waals surface area contributed by atoms with E-state index in [9.17, 15) is 9.18 Å². The van der Waals surface area contributed by atoms with Gasteiger partial charge >= 0.3 is 0 Å². The lowest BCUT2D eigenvalue weighted by molar-refractivity contribution is 0.0950. The summed E-state index contributed by atoms with van der Waals surface area (Å²) in [7, 11) is 0. The molecule has 0 fully saturated rings. The molecule has 0 aromatic heterocycles. The molecule has 0 aliphatic carbocycles. The Balaban J connectivity index is 2.06. The standard InChI is InChI=1S/C16H16ClFN2O/c17-14-9-11(5-6-15(14)18)10-20-16(21)13-4-2-1-3-12(13)7-8-19/h1-6,9H,7-8,10,19H2,(H,20,21). The maximum Gasteiger partial charge on any atom is 0.251 e. The van der Waals surface area contributed by atoms with Crippen LogP contribution in [0.3, 0.4) is 0 Å². The van der Waals surface area contributed by atoms with Crippen molar-refractivity contribution in [3.05, 3.63) is 70.0 Å². The van der Waals surface area contributed by atoms with Gasteiger partial charge in [0.2, 0.25) is 0 Å². The quantitative estimate of drug-likeness (QED) is 0.892. The minimum absolute atomic E-state index is 0.0466. The second kappa shape index (κ2) is 7.20. The highest BCUT2D eigenvalue weighted by molar-refractivity contribution is 6.30. The lowest BCUT2D eigenvalue weighted by atomic mass is 10.0. The zero-order chi connectivity index (χ0) is 15.2. The molecule has 2 aromatic rings. The molecular formula is C16H16ClFN2O. The third-order valence-corrected chi connectivity index (χ3v) is 3.40. The van der Waals surface area contributed by atoms with Crippen molar-refractivity contribution in [2.45, 2.75) is 13.0 Å². The molecule has 0 radical (unpaired) electrons. The topological polar surface area (TPSA) is 55.1 Å². The van der Waals surface area contributed by atoms with Crippen LogP contribution >= 0.6 is 11.6 Å². The van der Waals surface area contributed by atoms with Crippen molar-refractivity contribution in [3.63, 3.8) is 0 Å². The molecule has 0 bridgehead atoms. The highest BCUT2D eigenvalue weighted by Crippen LogP contribution is 2.16. The summed E-state index contributed by atoms with van der Waals surface area (Å²) in [6.45, 7) is 0.771. The van der Waals surface area contributed by atoms with Crippen LogP contribution in [0.1, 0.15) is 21.5 Å². The summed E-state index contributed by atoms with van der Waals surface area (Å²) in [5, 5.41) is 2.85. The van der Waals surface area contributed by atoms with Crippen molar-refractivity contribution >= 4 is 17.5 Å². The van der Waals surface area contributed by atoms with E-state index in [2.05, 4.69) is 5.32 Å². The Morgan fingerprint density at radius 1 is 1.24 bits per heavy atom. The summed E-state index contributed by atoms with van der Waals surface area (Å²) in [5.74, 6) is -0.653. The minimum Gasteiger partial charge on any atom is -0.348 e. The molecule has 1 amide bonds. The van der Waals surface area contributed by atoms with Gasteiger partial charge in [-0.15, -0.1) is 0 Å². The van der Waals surface area contributed by atoms with E-state index in [1.165, 1.54) is 12.1 Å². The van der Waals surface area contributed by atoms with Crippen LogP contribution in [0.5, 0.6) is 0 Å². The van der Waals surface area contributed by atoms with Crippen molar-refractivity contribution in [1.82, 2.24) is 5.32 Å². The number of carbonyl (C=O) groups is 1. The van der Waals surface area contributed by atoms with Gasteiger partial charge in [-0.2, -0.15) is 0 Å². The fourth-order valence-electron chi connectivity index (χ4n) is 2.04. The zero-order valence-corrected chi connectivity index (χ0v) is 12.2. The number of amides is 1. The fraction of sp³-hybridized carbons (Fsp3) is 0.188. The Labute approximate surface area is 127 Å². The highest BCUT2D eigenvalue weighted by Gasteiger charge is 2.10. The average molecular weight is 307 g/mol. The highest BCUT2D eigenvalue weighted by atomic mass is 35.5. The molecule has 0 aliphatic heterocycles. The van der Waals surface area contributed by atoms with E-state index in [-0.39, 0.29) is 17.5 Å². The Kier molecular flexibility index (Phi) is 5.31. The molecule has 3 N–H and O–H groups in total. The van der Waals surface area contributed by atoms with Gasteiger partial charge in [0.05, 0.1) is 5.02 Å². The van der Waals surface area contributed by atoms with Crippen molar-refractivity contribution in [3.8, 4) is 0 Å². The zero-order valence-electron chi connectivity index (χ0n) is 11.4. The van der Waals surface area contributed by atoms with Crippen LogP contribution in [0.15, 0.2) is 42.5 Å². The maximum atomic E-state index is 13.1. The van der Waals surface area contributed by atoms with Gasteiger partial charge in [-0.25, -0.2) is 4.39 Å². The number of nitrogens with one attached hydrogen (secondary N) is 1. The fourth-order valence-corrected chi connectivity index (χ4v) is 2.25. The van der Waals surface area contributed by atoms with Gasteiger partial charge in [0.25, 0.3) is 5.91 Å². The van der Waals surface area contributed by atoms with Gasteiger partial charge in [-0.05, 0) is 42.3 Å². The number of hydrogen-bond donors (Lipinski definition) is 2. The van der Waals surface area contributed by atoms with Crippen molar-refractivity contribution in [2.24, 2.45) is 5.73 Å². The van der Waals surface area contributed by atoms with Gasteiger partial charge < -0.3 is 11.1 Å². The molecule has 0 atom stereocenters. The van der Waals surface area contributed by atoms with Gasteiger partial charge in [0.15, 0.2) is 0 Å².